The molecule has 0 bridgehead atoms. The van der Waals surface area contributed by atoms with Gasteiger partial charge < -0.3 is 5.73 Å². The van der Waals surface area contributed by atoms with E-state index in [1.54, 1.807) is 6.07 Å². The summed E-state index contributed by atoms with van der Waals surface area (Å²) in [4.78, 5) is 10.1. The highest BCUT2D eigenvalue weighted by Gasteiger charge is 2.33. The van der Waals surface area contributed by atoms with E-state index in [1.165, 1.54) is 12.1 Å². The van der Waals surface area contributed by atoms with E-state index in [1.807, 2.05) is 0 Å². The van der Waals surface area contributed by atoms with Crippen molar-refractivity contribution in [1.82, 2.24) is 0 Å². The molecule has 2 N–H and O–H groups in total. The predicted molar refractivity (Wildman–Crippen MR) is 62.6 cm³/mol. The number of rotatable bonds is 3. The molecule has 0 saturated heterocycles. The van der Waals surface area contributed by atoms with Crippen molar-refractivity contribution in [1.29, 1.82) is 0 Å². The van der Waals surface area contributed by atoms with Crippen molar-refractivity contribution in [2.45, 2.75) is 31.2 Å². The second kappa shape index (κ2) is 4.03. The molecular weight excluding hydrogens is 228 g/mol. The number of nitro groups is 1. The smallest absolute Gasteiger partial charge is 0.270 e. The van der Waals surface area contributed by atoms with Crippen LogP contribution in [0.2, 0.25) is 5.02 Å². The summed E-state index contributed by atoms with van der Waals surface area (Å²) in [5.41, 5.74) is 6.88. The van der Waals surface area contributed by atoms with Crippen molar-refractivity contribution in [3.8, 4) is 0 Å². The quantitative estimate of drug-likeness (QED) is 0.652. The van der Waals surface area contributed by atoms with Gasteiger partial charge in [0.05, 0.1) is 9.95 Å². The van der Waals surface area contributed by atoms with Gasteiger partial charge in [0, 0.05) is 17.7 Å². The Hall–Kier alpha value is -1.13. The van der Waals surface area contributed by atoms with E-state index in [0.29, 0.717) is 11.4 Å². The second-order valence-electron chi connectivity index (χ2n) is 4.43. The van der Waals surface area contributed by atoms with Crippen molar-refractivity contribution in [2.75, 3.05) is 0 Å². The molecule has 0 aromatic heterocycles. The molecule has 4 nitrogen and oxygen atoms in total. The number of benzene rings is 1. The predicted octanol–water partition coefficient (Wildman–Crippen LogP) is 2.67. The lowest BCUT2D eigenvalue weighted by Gasteiger charge is -2.38. The van der Waals surface area contributed by atoms with E-state index in [9.17, 15) is 10.1 Å². The summed E-state index contributed by atoms with van der Waals surface area (Å²) in [6.45, 7) is 0. The molecule has 1 aromatic rings. The van der Waals surface area contributed by atoms with E-state index < -0.39 is 4.92 Å². The number of non-ortho nitro benzene ring substituents is 1. The van der Waals surface area contributed by atoms with E-state index in [-0.39, 0.29) is 11.2 Å². The molecule has 1 aliphatic carbocycles. The lowest BCUT2D eigenvalue weighted by atomic mass is 9.74. The highest BCUT2D eigenvalue weighted by Crippen LogP contribution is 2.34. The minimum atomic E-state index is -0.447. The normalized spacial score (nSPS) is 17.9. The maximum Gasteiger partial charge on any atom is 0.270 e. The summed E-state index contributed by atoms with van der Waals surface area (Å²) in [7, 11) is 0. The van der Waals surface area contributed by atoms with Gasteiger partial charge in [0.2, 0.25) is 0 Å². The van der Waals surface area contributed by atoms with Crippen molar-refractivity contribution >= 4 is 17.3 Å². The lowest BCUT2D eigenvalue weighted by molar-refractivity contribution is -0.384. The van der Waals surface area contributed by atoms with Crippen molar-refractivity contribution in [3.05, 3.63) is 38.9 Å². The third-order valence-electron chi connectivity index (χ3n) is 3.14. The van der Waals surface area contributed by atoms with Crippen LogP contribution in [0.1, 0.15) is 24.8 Å². The molecule has 0 atom stereocenters. The van der Waals surface area contributed by atoms with Crippen LogP contribution in [0.3, 0.4) is 0 Å². The topological polar surface area (TPSA) is 69.2 Å². The molecule has 1 fully saturated rings. The highest BCUT2D eigenvalue weighted by atomic mass is 35.5. The fraction of sp³-hybridized carbons (Fsp3) is 0.455. The number of nitro benzene ring substituents is 1. The first-order chi connectivity index (χ1) is 7.50. The number of nitrogens with two attached hydrogens (primary N) is 1. The molecule has 2 rings (SSSR count). The molecule has 0 aliphatic heterocycles. The van der Waals surface area contributed by atoms with Crippen molar-refractivity contribution in [2.24, 2.45) is 5.73 Å². The Morgan fingerprint density at radius 2 is 2.19 bits per heavy atom. The number of hydrogen-bond acceptors (Lipinski definition) is 3. The Morgan fingerprint density at radius 3 is 2.62 bits per heavy atom. The standard InChI is InChI=1S/C11H13ClN2O2/c12-10-6-9(14(15)16)3-2-8(10)7-11(13)4-1-5-11/h2-3,6H,1,4-5,7,13H2. The molecule has 1 aromatic carbocycles. The molecule has 5 heteroatoms. The third-order valence-corrected chi connectivity index (χ3v) is 3.49. The van der Waals surface area contributed by atoms with Crippen molar-refractivity contribution < 1.29 is 4.92 Å². The van der Waals surface area contributed by atoms with Gasteiger partial charge in [0.25, 0.3) is 5.69 Å². The van der Waals surface area contributed by atoms with Crippen LogP contribution in [-0.2, 0) is 6.42 Å². The molecule has 0 radical (unpaired) electrons. The molecule has 1 aliphatic rings. The van der Waals surface area contributed by atoms with Crippen LogP contribution in [-0.4, -0.2) is 10.5 Å². The number of hydrogen-bond donors (Lipinski definition) is 1. The largest absolute Gasteiger partial charge is 0.325 e. The van der Waals surface area contributed by atoms with Gasteiger partial charge in [-0.15, -0.1) is 0 Å². The van der Waals surface area contributed by atoms with Gasteiger partial charge >= 0.3 is 0 Å². The van der Waals surface area contributed by atoms with Crippen LogP contribution in [0.4, 0.5) is 5.69 Å². The van der Waals surface area contributed by atoms with Gasteiger partial charge in [-0.25, -0.2) is 0 Å². The van der Waals surface area contributed by atoms with E-state index in [0.717, 1.165) is 24.8 Å². The summed E-state index contributed by atoms with van der Waals surface area (Å²) >= 11 is 6.00. The zero-order valence-electron chi connectivity index (χ0n) is 8.78. The maximum atomic E-state index is 10.5. The van der Waals surface area contributed by atoms with E-state index in [2.05, 4.69) is 0 Å². The van der Waals surface area contributed by atoms with Gasteiger partial charge in [0.15, 0.2) is 0 Å². The van der Waals surface area contributed by atoms with Crippen LogP contribution < -0.4 is 5.73 Å². The highest BCUT2D eigenvalue weighted by molar-refractivity contribution is 6.31. The van der Waals surface area contributed by atoms with Gasteiger partial charge in [0.1, 0.15) is 0 Å². The van der Waals surface area contributed by atoms with Gasteiger partial charge in [-0.2, -0.15) is 0 Å². The summed E-state index contributed by atoms with van der Waals surface area (Å²) in [5, 5.41) is 11.0. The van der Waals surface area contributed by atoms with Crippen LogP contribution in [0.25, 0.3) is 0 Å². The Balaban J connectivity index is 2.19. The van der Waals surface area contributed by atoms with Crippen LogP contribution >= 0.6 is 11.6 Å². The molecule has 0 spiro atoms. The van der Waals surface area contributed by atoms with Crippen molar-refractivity contribution in [3.63, 3.8) is 0 Å². The molecule has 0 unspecified atom stereocenters. The molecular formula is C11H13ClN2O2. The van der Waals surface area contributed by atoms with Crippen LogP contribution in [0.5, 0.6) is 0 Å². The Kier molecular flexibility index (Phi) is 2.86. The van der Waals surface area contributed by atoms with Gasteiger partial charge in [-0.1, -0.05) is 17.7 Å². The fourth-order valence-corrected chi connectivity index (χ4v) is 2.22. The average molecular weight is 241 g/mol. The molecule has 0 amide bonds. The second-order valence-corrected chi connectivity index (χ2v) is 4.83. The summed E-state index contributed by atoms with van der Waals surface area (Å²) in [5.74, 6) is 0. The average Bonchev–Trinajstić information content (AvgIpc) is 2.18. The molecule has 16 heavy (non-hydrogen) atoms. The first-order valence-electron chi connectivity index (χ1n) is 5.22. The molecule has 1 saturated carbocycles. The molecule has 0 heterocycles. The van der Waals surface area contributed by atoms with Crippen LogP contribution in [0, 0.1) is 10.1 Å². The summed E-state index contributed by atoms with van der Waals surface area (Å²) in [6, 6.07) is 4.57. The Labute approximate surface area is 98.5 Å². The first-order valence-corrected chi connectivity index (χ1v) is 5.60. The Bertz CT molecular complexity index is 430. The van der Waals surface area contributed by atoms with E-state index in [4.69, 9.17) is 17.3 Å². The summed E-state index contributed by atoms with van der Waals surface area (Å²) in [6.07, 6.45) is 3.85. The van der Waals surface area contributed by atoms with Crippen LogP contribution in [0.15, 0.2) is 18.2 Å². The third kappa shape index (κ3) is 2.18. The maximum absolute atomic E-state index is 10.5. The lowest BCUT2D eigenvalue weighted by Crippen LogP contribution is -2.48. The Morgan fingerprint density at radius 1 is 1.50 bits per heavy atom. The van der Waals surface area contributed by atoms with Gasteiger partial charge in [-0.3, -0.25) is 10.1 Å². The minimum absolute atomic E-state index is 0.0217. The number of halogens is 1. The monoisotopic (exact) mass is 240 g/mol. The zero-order chi connectivity index (χ0) is 11.8. The zero-order valence-corrected chi connectivity index (χ0v) is 9.54. The van der Waals surface area contributed by atoms with E-state index >= 15 is 0 Å². The fourth-order valence-electron chi connectivity index (χ4n) is 1.98. The minimum Gasteiger partial charge on any atom is -0.325 e. The number of nitrogens with zero attached hydrogens (tertiary/aromatic N) is 1. The van der Waals surface area contributed by atoms with Gasteiger partial charge in [-0.05, 0) is 31.2 Å². The molecule has 86 valence electrons. The summed E-state index contributed by atoms with van der Waals surface area (Å²) < 4.78 is 0. The SMILES string of the molecule is NC1(Cc2ccc([N+](=O)[O-])cc2Cl)CCC1. The first kappa shape index (κ1) is 11.4.